The Balaban J connectivity index is 2.78. The van der Waals surface area contributed by atoms with Crippen LogP contribution in [0.1, 0.15) is 5.56 Å². The molecule has 0 aliphatic rings. The van der Waals surface area contributed by atoms with E-state index in [9.17, 15) is 4.79 Å². The Labute approximate surface area is 104 Å². The number of benzene rings is 1. The van der Waals surface area contributed by atoms with E-state index in [-0.39, 0.29) is 0 Å². The van der Waals surface area contributed by atoms with Gasteiger partial charge in [0.05, 0.1) is 0 Å². The first-order valence-electron chi connectivity index (χ1n) is 3.93. The van der Waals surface area contributed by atoms with E-state index < -0.39 is 12.0 Å². The molecule has 3 nitrogen and oxygen atoms in total. The Morgan fingerprint density at radius 1 is 1.64 bits per heavy atom. The molecule has 0 aliphatic heterocycles. The first kappa shape index (κ1) is 11.9. The summed E-state index contributed by atoms with van der Waals surface area (Å²) in [6.07, 6.45) is 0.360. The van der Waals surface area contributed by atoms with Gasteiger partial charge < -0.3 is 10.8 Å². The number of nitrogens with two attached hydrogens (primary N) is 1. The molecule has 3 N–H and O–H groups in total. The predicted molar refractivity (Wildman–Crippen MR) is 66.2 cm³/mol. The van der Waals surface area contributed by atoms with Gasteiger partial charge in [-0.2, -0.15) is 0 Å². The molecule has 1 rings (SSSR count). The smallest absolute Gasteiger partial charge is 0.320 e. The third-order valence-corrected chi connectivity index (χ3v) is 4.08. The van der Waals surface area contributed by atoms with Crippen molar-refractivity contribution in [3.63, 3.8) is 0 Å². The SMILES string of the molecule is N[C@@H](Cc1ccc(Br)c(I)c1)C(=O)O. The summed E-state index contributed by atoms with van der Waals surface area (Å²) in [5.41, 5.74) is 6.36. The Morgan fingerprint density at radius 3 is 2.79 bits per heavy atom. The molecule has 1 atom stereocenters. The number of rotatable bonds is 3. The van der Waals surface area contributed by atoms with Crippen LogP contribution in [0.2, 0.25) is 0 Å². The van der Waals surface area contributed by atoms with Crippen molar-refractivity contribution in [1.82, 2.24) is 0 Å². The average Bonchev–Trinajstić information content (AvgIpc) is 2.11. The number of halogens is 2. The molecule has 76 valence electrons. The summed E-state index contributed by atoms with van der Waals surface area (Å²) in [4.78, 5) is 10.5. The van der Waals surface area contributed by atoms with Crippen molar-refractivity contribution in [2.24, 2.45) is 5.73 Å². The topological polar surface area (TPSA) is 63.3 Å². The molecule has 0 bridgehead atoms. The average molecular weight is 370 g/mol. The highest BCUT2D eigenvalue weighted by molar-refractivity contribution is 14.1. The van der Waals surface area contributed by atoms with E-state index in [1.807, 2.05) is 18.2 Å². The Kier molecular flexibility index (Phi) is 4.33. The molecule has 0 radical (unpaired) electrons. The summed E-state index contributed by atoms with van der Waals surface area (Å²) in [6.45, 7) is 0. The van der Waals surface area contributed by atoms with E-state index in [0.717, 1.165) is 13.6 Å². The molecule has 5 heteroatoms. The molecule has 0 heterocycles. The van der Waals surface area contributed by atoms with Gasteiger partial charge in [-0.15, -0.1) is 0 Å². The molecule has 0 fully saturated rings. The minimum Gasteiger partial charge on any atom is -0.480 e. The zero-order valence-electron chi connectivity index (χ0n) is 7.21. The fourth-order valence-corrected chi connectivity index (χ4v) is 1.83. The molecular weight excluding hydrogens is 361 g/mol. The first-order valence-corrected chi connectivity index (χ1v) is 5.80. The minimum atomic E-state index is -0.970. The number of carbonyl (C=O) groups is 1. The number of carboxylic acid groups (broad SMARTS) is 1. The Bertz CT molecular complexity index is 357. The summed E-state index contributed by atoms with van der Waals surface area (Å²) in [5.74, 6) is -0.970. The highest BCUT2D eigenvalue weighted by Crippen LogP contribution is 2.20. The Hall–Kier alpha value is -0.140. The van der Waals surface area contributed by atoms with Crippen molar-refractivity contribution in [1.29, 1.82) is 0 Å². The summed E-state index contributed by atoms with van der Waals surface area (Å²) in [7, 11) is 0. The Morgan fingerprint density at radius 2 is 2.29 bits per heavy atom. The van der Waals surface area contributed by atoms with Crippen LogP contribution in [0.15, 0.2) is 22.7 Å². The molecule has 0 unspecified atom stereocenters. The van der Waals surface area contributed by atoms with Gasteiger partial charge in [-0.3, -0.25) is 4.79 Å². The largest absolute Gasteiger partial charge is 0.480 e. The van der Waals surface area contributed by atoms with Gasteiger partial charge in [0.2, 0.25) is 0 Å². The molecule has 14 heavy (non-hydrogen) atoms. The van der Waals surface area contributed by atoms with Gasteiger partial charge in [0, 0.05) is 8.04 Å². The highest BCUT2D eigenvalue weighted by Gasteiger charge is 2.12. The van der Waals surface area contributed by atoms with Gasteiger partial charge in [0.25, 0.3) is 0 Å². The molecule has 0 saturated heterocycles. The van der Waals surface area contributed by atoms with Crippen LogP contribution in [0.4, 0.5) is 0 Å². The maximum Gasteiger partial charge on any atom is 0.320 e. The van der Waals surface area contributed by atoms with Crippen molar-refractivity contribution in [2.45, 2.75) is 12.5 Å². The first-order chi connectivity index (χ1) is 6.50. The van der Waals surface area contributed by atoms with E-state index in [4.69, 9.17) is 10.8 Å². The van der Waals surface area contributed by atoms with Gasteiger partial charge in [0.1, 0.15) is 6.04 Å². The second-order valence-corrected chi connectivity index (χ2v) is 4.91. The number of carboxylic acids is 1. The van der Waals surface area contributed by atoms with E-state index in [2.05, 4.69) is 38.5 Å². The number of hydrogen-bond acceptors (Lipinski definition) is 2. The van der Waals surface area contributed by atoms with Crippen LogP contribution >= 0.6 is 38.5 Å². The molecular formula is C9H9BrINO2. The third-order valence-electron chi connectivity index (χ3n) is 1.76. The van der Waals surface area contributed by atoms with Gasteiger partial charge in [-0.1, -0.05) is 6.07 Å². The minimum absolute atomic E-state index is 0.360. The van der Waals surface area contributed by atoms with Crippen molar-refractivity contribution < 1.29 is 9.90 Å². The maximum absolute atomic E-state index is 10.5. The zero-order chi connectivity index (χ0) is 10.7. The molecule has 0 aromatic heterocycles. The lowest BCUT2D eigenvalue weighted by atomic mass is 10.1. The standard InChI is InChI=1S/C9H9BrINO2/c10-6-2-1-5(3-7(6)11)4-8(12)9(13)14/h1-3,8H,4,12H2,(H,13,14)/t8-/m0/s1. The molecule has 0 amide bonds. The van der Waals surface area contributed by atoms with Crippen molar-refractivity contribution in [2.75, 3.05) is 0 Å². The van der Waals surface area contributed by atoms with E-state index in [1.165, 1.54) is 0 Å². The van der Waals surface area contributed by atoms with Gasteiger partial charge in [-0.05, 0) is 62.6 Å². The van der Waals surface area contributed by atoms with Gasteiger partial charge in [0.15, 0.2) is 0 Å². The summed E-state index contributed by atoms with van der Waals surface area (Å²) >= 11 is 5.55. The lowest BCUT2D eigenvalue weighted by Crippen LogP contribution is -2.32. The number of hydrogen-bond donors (Lipinski definition) is 2. The molecule has 1 aromatic carbocycles. The second-order valence-electron chi connectivity index (χ2n) is 2.90. The van der Waals surface area contributed by atoms with Gasteiger partial charge in [-0.25, -0.2) is 0 Å². The van der Waals surface area contributed by atoms with Crippen LogP contribution in [0.25, 0.3) is 0 Å². The fourth-order valence-electron chi connectivity index (χ4n) is 1.01. The molecule has 0 saturated carbocycles. The predicted octanol–water partition coefficient (Wildman–Crippen LogP) is 2.01. The monoisotopic (exact) mass is 369 g/mol. The third kappa shape index (κ3) is 3.21. The van der Waals surface area contributed by atoms with Crippen LogP contribution in [0, 0.1) is 3.57 Å². The fraction of sp³-hybridized carbons (Fsp3) is 0.222. The zero-order valence-corrected chi connectivity index (χ0v) is 10.9. The lowest BCUT2D eigenvalue weighted by molar-refractivity contribution is -0.138. The van der Waals surface area contributed by atoms with E-state index in [1.54, 1.807) is 0 Å². The summed E-state index contributed by atoms with van der Waals surface area (Å²) < 4.78 is 2.06. The van der Waals surface area contributed by atoms with Gasteiger partial charge >= 0.3 is 5.97 Å². The molecule has 1 aromatic rings. The van der Waals surface area contributed by atoms with E-state index >= 15 is 0 Å². The quantitative estimate of drug-likeness (QED) is 0.801. The van der Waals surface area contributed by atoms with Crippen LogP contribution in [0.5, 0.6) is 0 Å². The molecule has 0 spiro atoms. The van der Waals surface area contributed by atoms with E-state index in [0.29, 0.717) is 6.42 Å². The second kappa shape index (κ2) is 5.09. The van der Waals surface area contributed by atoms with Crippen LogP contribution in [0.3, 0.4) is 0 Å². The van der Waals surface area contributed by atoms with Crippen molar-refractivity contribution >= 4 is 44.5 Å². The van der Waals surface area contributed by atoms with Crippen molar-refractivity contribution in [3.05, 3.63) is 31.8 Å². The van der Waals surface area contributed by atoms with Crippen LogP contribution in [-0.4, -0.2) is 17.1 Å². The highest BCUT2D eigenvalue weighted by atomic mass is 127. The maximum atomic E-state index is 10.5. The molecule has 0 aliphatic carbocycles. The lowest BCUT2D eigenvalue weighted by Gasteiger charge is -2.07. The van der Waals surface area contributed by atoms with Crippen LogP contribution in [-0.2, 0) is 11.2 Å². The number of aliphatic carboxylic acids is 1. The summed E-state index contributed by atoms with van der Waals surface area (Å²) in [6, 6.07) is 4.86. The van der Waals surface area contributed by atoms with Crippen LogP contribution < -0.4 is 5.73 Å². The normalized spacial score (nSPS) is 12.5. The van der Waals surface area contributed by atoms with Crippen molar-refractivity contribution in [3.8, 4) is 0 Å². The summed E-state index contributed by atoms with van der Waals surface area (Å²) in [5, 5.41) is 8.63.